The lowest BCUT2D eigenvalue weighted by Crippen LogP contribution is -2.00. The molecule has 0 N–H and O–H groups in total. The highest BCUT2D eigenvalue weighted by molar-refractivity contribution is 6.31. The van der Waals surface area contributed by atoms with Crippen molar-refractivity contribution in [3.8, 4) is 0 Å². The van der Waals surface area contributed by atoms with Gasteiger partial charge >= 0.3 is 0 Å². The highest BCUT2D eigenvalue weighted by Gasteiger charge is 2.11. The number of halogens is 1. The summed E-state index contributed by atoms with van der Waals surface area (Å²) >= 11 is 6.36. The Hall–Kier alpha value is -1.86. The zero-order chi connectivity index (χ0) is 18.0. The standard InChI is InChI=1S/C22H25ClO/c1-13(2)21(11-18-9-14(3)16(5)22(23)12-18)19-7-8-20(17(6)24)15(4)10-19/h7-10,12H,11H2,1-6H3. The van der Waals surface area contributed by atoms with E-state index in [1.165, 1.54) is 27.8 Å². The molecular formula is C22H25ClO. The molecule has 2 aromatic rings. The molecule has 0 bridgehead atoms. The number of rotatable bonds is 4. The molecule has 2 rings (SSSR count). The topological polar surface area (TPSA) is 17.1 Å². The third kappa shape index (κ3) is 3.96. The van der Waals surface area contributed by atoms with Gasteiger partial charge in [0.2, 0.25) is 0 Å². The molecule has 0 aliphatic carbocycles. The summed E-state index contributed by atoms with van der Waals surface area (Å²) in [4.78, 5) is 11.7. The molecule has 0 unspecified atom stereocenters. The van der Waals surface area contributed by atoms with E-state index in [-0.39, 0.29) is 5.78 Å². The van der Waals surface area contributed by atoms with Crippen molar-refractivity contribution in [2.75, 3.05) is 0 Å². The van der Waals surface area contributed by atoms with Gasteiger partial charge in [-0.3, -0.25) is 4.79 Å². The van der Waals surface area contributed by atoms with Gasteiger partial charge in [0.25, 0.3) is 0 Å². The predicted octanol–water partition coefficient (Wildman–Crippen LogP) is 6.50. The fraction of sp³-hybridized carbons (Fsp3) is 0.318. The number of aryl methyl sites for hydroxylation is 2. The fourth-order valence-corrected chi connectivity index (χ4v) is 3.30. The Labute approximate surface area is 150 Å². The van der Waals surface area contributed by atoms with Gasteiger partial charge in [-0.1, -0.05) is 41.4 Å². The van der Waals surface area contributed by atoms with Gasteiger partial charge in [0, 0.05) is 10.6 Å². The third-order valence-electron chi connectivity index (χ3n) is 4.60. The minimum absolute atomic E-state index is 0.110. The van der Waals surface area contributed by atoms with E-state index in [0.29, 0.717) is 0 Å². The van der Waals surface area contributed by atoms with Crippen LogP contribution in [-0.2, 0) is 6.42 Å². The first-order valence-corrected chi connectivity index (χ1v) is 8.62. The highest BCUT2D eigenvalue weighted by Crippen LogP contribution is 2.28. The molecule has 0 amide bonds. The summed E-state index contributed by atoms with van der Waals surface area (Å²) in [5.41, 5.74) is 9.12. The van der Waals surface area contributed by atoms with Crippen LogP contribution in [0.15, 0.2) is 35.9 Å². The number of allylic oxidation sites excluding steroid dienone is 2. The molecular weight excluding hydrogens is 316 g/mol. The molecule has 0 saturated carbocycles. The molecule has 1 nitrogen and oxygen atoms in total. The van der Waals surface area contributed by atoms with Crippen LogP contribution < -0.4 is 0 Å². The van der Waals surface area contributed by atoms with Gasteiger partial charge in [-0.05, 0) is 87.4 Å². The fourth-order valence-electron chi connectivity index (χ4n) is 3.01. The Morgan fingerprint density at radius 1 is 0.958 bits per heavy atom. The van der Waals surface area contributed by atoms with Crippen molar-refractivity contribution in [2.24, 2.45) is 0 Å². The van der Waals surface area contributed by atoms with Gasteiger partial charge in [0.15, 0.2) is 5.78 Å². The molecule has 24 heavy (non-hydrogen) atoms. The molecule has 0 fully saturated rings. The van der Waals surface area contributed by atoms with Crippen LogP contribution in [0.2, 0.25) is 5.02 Å². The number of carbonyl (C=O) groups excluding carboxylic acids is 1. The molecule has 0 radical (unpaired) electrons. The molecule has 0 aliphatic rings. The average molecular weight is 341 g/mol. The van der Waals surface area contributed by atoms with Crippen molar-refractivity contribution in [1.82, 2.24) is 0 Å². The first kappa shape index (κ1) is 18.5. The molecule has 0 aromatic heterocycles. The predicted molar refractivity (Wildman–Crippen MR) is 104 cm³/mol. The Morgan fingerprint density at radius 3 is 2.12 bits per heavy atom. The van der Waals surface area contributed by atoms with Crippen LogP contribution >= 0.6 is 11.6 Å². The summed E-state index contributed by atoms with van der Waals surface area (Å²) in [6.07, 6.45) is 0.835. The second kappa shape index (κ2) is 7.36. The number of ketones is 1. The van der Waals surface area contributed by atoms with Crippen molar-refractivity contribution in [2.45, 2.75) is 48.0 Å². The molecule has 2 heteroatoms. The van der Waals surface area contributed by atoms with Gasteiger partial charge in [-0.15, -0.1) is 0 Å². The minimum Gasteiger partial charge on any atom is -0.295 e. The van der Waals surface area contributed by atoms with Crippen LogP contribution in [-0.4, -0.2) is 5.78 Å². The number of benzene rings is 2. The van der Waals surface area contributed by atoms with Crippen LogP contribution in [0.25, 0.3) is 5.57 Å². The smallest absolute Gasteiger partial charge is 0.160 e. The van der Waals surface area contributed by atoms with E-state index in [9.17, 15) is 4.79 Å². The molecule has 0 atom stereocenters. The third-order valence-corrected chi connectivity index (χ3v) is 4.99. The minimum atomic E-state index is 0.110. The highest BCUT2D eigenvalue weighted by atomic mass is 35.5. The largest absolute Gasteiger partial charge is 0.295 e. The molecule has 0 spiro atoms. The molecule has 0 saturated heterocycles. The second-order valence-electron chi connectivity index (χ2n) is 6.76. The normalized spacial score (nSPS) is 10.6. The summed E-state index contributed by atoms with van der Waals surface area (Å²) < 4.78 is 0. The first-order chi connectivity index (χ1) is 11.2. The van der Waals surface area contributed by atoms with E-state index in [1.54, 1.807) is 6.92 Å². The van der Waals surface area contributed by atoms with E-state index < -0.39 is 0 Å². The number of Topliss-reactive ketones (excluding diaryl/α,β-unsaturated/α-hetero) is 1. The Morgan fingerprint density at radius 2 is 1.62 bits per heavy atom. The van der Waals surface area contributed by atoms with E-state index in [4.69, 9.17) is 11.6 Å². The monoisotopic (exact) mass is 340 g/mol. The summed E-state index contributed by atoms with van der Waals surface area (Å²) in [7, 11) is 0. The van der Waals surface area contributed by atoms with Crippen LogP contribution in [0.4, 0.5) is 0 Å². The van der Waals surface area contributed by atoms with E-state index >= 15 is 0 Å². The van der Waals surface area contributed by atoms with Gasteiger partial charge in [0.05, 0.1) is 0 Å². The summed E-state index contributed by atoms with van der Waals surface area (Å²) in [6.45, 7) is 12.0. The Balaban J connectivity index is 2.44. The second-order valence-corrected chi connectivity index (χ2v) is 7.17. The van der Waals surface area contributed by atoms with Gasteiger partial charge < -0.3 is 0 Å². The lowest BCUT2D eigenvalue weighted by atomic mass is 9.91. The lowest BCUT2D eigenvalue weighted by Gasteiger charge is -2.15. The van der Waals surface area contributed by atoms with E-state index in [2.05, 4.69) is 45.0 Å². The van der Waals surface area contributed by atoms with E-state index in [0.717, 1.165) is 28.1 Å². The van der Waals surface area contributed by atoms with Gasteiger partial charge in [0.1, 0.15) is 0 Å². The Bertz CT molecular complexity index is 801. The summed E-state index contributed by atoms with van der Waals surface area (Å²) in [5.74, 6) is 0.110. The molecule has 126 valence electrons. The molecule has 2 aromatic carbocycles. The maximum atomic E-state index is 11.7. The number of hydrogen-bond acceptors (Lipinski definition) is 1. The SMILES string of the molecule is CC(=O)c1ccc(C(Cc2cc(C)c(C)c(Cl)c2)=C(C)C)cc1C. The summed E-state index contributed by atoms with van der Waals surface area (Å²) in [6, 6.07) is 10.4. The summed E-state index contributed by atoms with van der Waals surface area (Å²) in [5, 5.41) is 0.821. The van der Waals surface area contributed by atoms with Crippen LogP contribution in [0.1, 0.15) is 58.9 Å². The Kier molecular flexibility index (Phi) is 5.66. The zero-order valence-electron chi connectivity index (χ0n) is 15.4. The average Bonchev–Trinajstić information content (AvgIpc) is 2.49. The number of carbonyl (C=O) groups is 1. The van der Waals surface area contributed by atoms with Gasteiger partial charge in [-0.2, -0.15) is 0 Å². The lowest BCUT2D eigenvalue weighted by molar-refractivity contribution is 0.101. The van der Waals surface area contributed by atoms with Crippen molar-refractivity contribution >= 4 is 23.0 Å². The van der Waals surface area contributed by atoms with Gasteiger partial charge in [-0.25, -0.2) is 0 Å². The van der Waals surface area contributed by atoms with Crippen LogP contribution in [0.5, 0.6) is 0 Å². The molecule has 0 heterocycles. The number of hydrogen-bond donors (Lipinski definition) is 0. The van der Waals surface area contributed by atoms with Crippen LogP contribution in [0.3, 0.4) is 0 Å². The van der Waals surface area contributed by atoms with Crippen molar-refractivity contribution < 1.29 is 4.79 Å². The first-order valence-electron chi connectivity index (χ1n) is 8.24. The quantitative estimate of drug-likeness (QED) is 0.580. The van der Waals surface area contributed by atoms with Crippen molar-refractivity contribution in [1.29, 1.82) is 0 Å². The maximum absolute atomic E-state index is 11.7. The van der Waals surface area contributed by atoms with Crippen LogP contribution in [0, 0.1) is 20.8 Å². The van der Waals surface area contributed by atoms with Crippen molar-refractivity contribution in [3.05, 3.63) is 74.3 Å². The van der Waals surface area contributed by atoms with E-state index in [1.807, 2.05) is 19.9 Å². The maximum Gasteiger partial charge on any atom is 0.160 e. The van der Waals surface area contributed by atoms with Crippen molar-refractivity contribution in [3.63, 3.8) is 0 Å². The zero-order valence-corrected chi connectivity index (χ0v) is 16.1. The molecule has 0 aliphatic heterocycles.